The molecule has 0 spiro atoms. The van der Waals surface area contributed by atoms with Gasteiger partial charge >= 0.3 is 77.0 Å². The quantitative estimate of drug-likeness (QED) is 0.316. The minimum Gasteiger partial charge on any atom is -1.00 e. The largest absolute Gasteiger partial charge is 1.00 e. The van der Waals surface area contributed by atoms with E-state index in [4.69, 9.17) is 15.3 Å². The summed E-state index contributed by atoms with van der Waals surface area (Å²) >= 11 is 0. The molecule has 9 nitrogen and oxygen atoms in total. The molecule has 0 aromatic heterocycles. The van der Waals surface area contributed by atoms with E-state index in [1.165, 1.54) is 0 Å². The zero-order valence-electron chi connectivity index (χ0n) is 10.8. The van der Waals surface area contributed by atoms with E-state index in [2.05, 4.69) is 0 Å². The molecule has 0 heterocycles. The Morgan fingerprint density at radius 2 is 1.25 bits per heavy atom. The van der Waals surface area contributed by atoms with Crippen LogP contribution < -0.4 is 81.9 Å². The number of hydrogen-bond acceptors (Lipinski definition) is 6. The van der Waals surface area contributed by atoms with Crippen molar-refractivity contribution in [1.29, 1.82) is 0 Å². The summed E-state index contributed by atoms with van der Waals surface area (Å²) in [5.74, 6) is -6.35. The monoisotopic (exact) mass is 329 g/mol. The maximum Gasteiger partial charge on any atom is 1.00 e. The summed E-state index contributed by atoms with van der Waals surface area (Å²) < 4.78 is 0. The molecule has 2 atom stereocenters. The first-order valence-electron chi connectivity index (χ1n) is 4.37. The number of aliphatic carboxylic acids is 4. The fraction of sp³-hybridized carbons (Fsp3) is 0.500. The smallest absolute Gasteiger partial charge is 1.00 e. The molecule has 0 fully saturated rings. The van der Waals surface area contributed by atoms with Crippen LogP contribution in [0.4, 0.5) is 0 Å². The molecule has 0 amide bonds. The second kappa shape index (κ2) is 14.1. The Bertz CT molecular complexity index is 321. The Morgan fingerprint density at radius 3 is 1.50 bits per heavy atom. The van der Waals surface area contributed by atoms with Crippen LogP contribution in [0.1, 0.15) is 12.8 Å². The topological polar surface area (TPSA) is 164 Å². The molecule has 4 N–H and O–H groups in total. The zero-order valence-corrected chi connectivity index (χ0v) is 15.6. The van der Waals surface area contributed by atoms with Gasteiger partial charge in [-0.05, 0) is 0 Å². The molecule has 104 valence electrons. The van der Waals surface area contributed by atoms with Gasteiger partial charge in [0.15, 0.2) is 0 Å². The van der Waals surface area contributed by atoms with Gasteiger partial charge in [0.05, 0.1) is 24.9 Å². The predicted octanol–water partition coefficient (Wildman–Crippen LogP) is -11.9. The molecule has 12 heteroatoms. The molecule has 2 unspecified atom stereocenters. The Morgan fingerprint density at radius 1 is 0.900 bits per heavy atom. The molecule has 20 heavy (non-hydrogen) atoms. The van der Waals surface area contributed by atoms with Crippen LogP contribution >= 0.6 is 0 Å². The van der Waals surface area contributed by atoms with Crippen LogP contribution in [0.3, 0.4) is 0 Å². The van der Waals surface area contributed by atoms with Gasteiger partial charge in [-0.2, -0.15) is 0 Å². The third kappa shape index (κ3) is 13.1. The molecular weight excluding hydrogens is 320 g/mol. The van der Waals surface area contributed by atoms with Gasteiger partial charge in [0, 0.05) is 0 Å². The summed E-state index contributed by atoms with van der Waals surface area (Å²) in [6.07, 6.45) is -1.79. The average Bonchev–Trinajstić information content (AvgIpc) is 2.13. The van der Waals surface area contributed by atoms with Crippen LogP contribution in [0.25, 0.3) is 0 Å². The fourth-order valence-electron chi connectivity index (χ4n) is 1.02. The third-order valence-electron chi connectivity index (χ3n) is 1.74. The first kappa shape index (κ1) is 28.3. The second-order valence-corrected chi connectivity index (χ2v) is 3.12. The van der Waals surface area contributed by atoms with Crippen molar-refractivity contribution < 1.29 is 111 Å². The summed E-state index contributed by atoms with van der Waals surface area (Å²) in [4.78, 5) is 41.7. The maximum atomic E-state index is 10.6. The number of rotatable bonds is 8. The number of carboxylic acids is 4. The van der Waals surface area contributed by atoms with Gasteiger partial charge in [0.2, 0.25) is 0 Å². The second-order valence-electron chi connectivity index (χ2n) is 3.12. The van der Waals surface area contributed by atoms with Crippen LogP contribution in [0.15, 0.2) is 0 Å². The van der Waals surface area contributed by atoms with E-state index in [-0.39, 0.29) is 71.5 Å². The maximum absolute atomic E-state index is 10.6. The number of carbonyl (C=O) groups excluding carboxylic acids is 1. The Hall–Kier alpha value is 0.130. The van der Waals surface area contributed by atoms with Crippen molar-refractivity contribution in [2.24, 2.45) is 0 Å². The molecule has 0 saturated heterocycles. The number of nitrogens with one attached hydrogen (secondary N) is 1. The van der Waals surface area contributed by atoms with Crippen molar-refractivity contribution >= 4 is 23.9 Å². The van der Waals surface area contributed by atoms with Gasteiger partial charge in [-0.25, -0.2) is 0 Å². The number of hydrogen-bond donors (Lipinski definition) is 4. The number of halogens is 1. The molecular formula is C8H10ClNNa2O8. The minimum absolute atomic E-state index is 0. The summed E-state index contributed by atoms with van der Waals surface area (Å²) in [5.41, 5.74) is 0. The Kier molecular flexibility index (Phi) is 19.9. The van der Waals surface area contributed by atoms with E-state index in [1.54, 1.807) is 0 Å². The van der Waals surface area contributed by atoms with Gasteiger partial charge < -0.3 is 37.6 Å². The first-order valence-corrected chi connectivity index (χ1v) is 4.37. The van der Waals surface area contributed by atoms with E-state index >= 15 is 0 Å². The zero-order chi connectivity index (χ0) is 13.6. The molecule has 0 aliphatic carbocycles. The predicted molar refractivity (Wildman–Crippen MR) is 47.9 cm³/mol. The first-order chi connectivity index (χ1) is 7.73. The van der Waals surface area contributed by atoms with Crippen molar-refractivity contribution in [3.8, 4) is 0 Å². The van der Waals surface area contributed by atoms with Crippen LogP contribution in [0.5, 0.6) is 0 Å². The average molecular weight is 330 g/mol. The van der Waals surface area contributed by atoms with Gasteiger partial charge in [0.1, 0.15) is 6.04 Å². The van der Waals surface area contributed by atoms with Crippen molar-refractivity contribution in [2.45, 2.75) is 24.9 Å². The fourth-order valence-corrected chi connectivity index (χ4v) is 1.02. The van der Waals surface area contributed by atoms with Gasteiger partial charge in [-0.3, -0.25) is 19.7 Å². The number of carboxylic acid groups (broad SMARTS) is 4. The van der Waals surface area contributed by atoms with Gasteiger partial charge in [-0.1, -0.05) is 0 Å². The van der Waals surface area contributed by atoms with Crippen LogP contribution in [0.2, 0.25) is 0 Å². The van der Waals surface area contributed by atoms with E-state index in [9.17, 15) is 24.3 Å². The minimum atomic E-state index is -1.82. The Balaban J connectivity index is -0.000000427. The van der Waals surface area contributed by atoms with Crippen molar-refractivity contribution in [2.75, 3.05) is 0 Å². The molecule has 0 aromatic rings. The van der Waals surface area contributed by atoms with E-state index in [0.29, 0.717) is 0 Å². The van der Waals surface area contributed by atoms with Gasteiger partial charge in [-0.15, -0.1) is 0 Å². The molecule has 0 aliphatic heterocycles. The summed E-state index contributed by atoms with van der Waals surface area (Å²) in [7, 11) is 0. The molecule has 0 aromatic carbocycles. The van der Waals surface area contributed by atoms with E-state index in [0.717, 1.165) is 0 Å². The van der Waals surface area contributed by atoms with Crippen molar-refractivity contribution in [3.63, 3.8) is 0 Å². The third-order valence-corrected chi connectivity index (χ3v) is 1.74. The van der Waals surface area contributed by atoms with Crippen molar-refractivity contribution in [1.82, 2.24) is 5.32 Å². The van der Waals surface area contributed by atoms with Crippen molar-refractivity contribution in [3.05, 3.63) is 0 Å². The summed E-state index contributed by atoms with van der Waals surface area (Å²) in [5, 5.41) is 37.7. The summed E-state index contributed by atoms with van der Waals surface area (Å²) in [6.45, 7) is 0. The standard InChI is InChI=1S/C8H11NO8.ClH.2Na/c10-5(11)1-3(7(14)15)9-4(8(16)17)2-6(12)13;;;/h3-4,9H,1-2H2,(H,10,11)(H,12,13)(H,14,15)(H,16,17);1H;;/q;;2*+1/p-2. The van der Waals surface area contributed by atoms with Crippen LogP contribution in [-0.4, -0.2) is 51.3 Å². The van der Waals surface area contributed by atoms with Crippen LogP contribution in [0, 0.1) is 0 Å². The summed E-state index contributed by atoms with van der Waals surface area (Å²) in [6, 6.07) is -3.47. The Labute approximate surface area is 164 Å². The van der Waals surface area contributed by atoms with Crippen LogP contribution in [-0.2, 0) is 19.2 Å². The van der Waals surface area contributed by atoms with E-state index < -0.39 is 48.8 Å². The normalized spacial score (nSPS) is 11.6. The van der Waals surface area contributed by atoms with Gasteiger partial charge in [0.25, 0.3) is 0 Å². The molecule has 0 rings (SSSR count). The molecule has 0 aliphatic rings. The molecule has 0 radical (unpaired) electrons. The van der Waals surface area contributed by atoms with E-state index in [1.807, 2.05) is 5.32 Å². The number of carbonyl (C=O) groups is 4. The molecule has 0 bridgehead atoms. The molecule has 0 saturated carbocycles. The SMILES string of the molecule is O=C(O)CC(NC(CC(=O)O)C(=O)O)C(=O)[O-].[Cl-].[Na+].[Na+].